The van der Waals surface area contributed by atoms with E-state index in [-0.39, 0.29) is 17.4 Å². The molecule has 1 unspecified atom stereocenters. The number of aromatic nitrogens is 1. The van der Waals surface area contributed by atoms with Gasteiger partial charge in [-0.2, -0.15) is 0 Å². The zero-order valence-electron chi connectivity index (χ0n) is 13.4. The SMILES string of the molecule is CCNCc1ccc(-c2ccc(F)cc2)n(C(C)CC)c1=O. The van der Waals surface area contributed by atoms with Crippen molar-refractivity contribution in [2.75, 3.05) is 6.54 Å². The molecule has 4 heteroatoms. The van der Waals surface area contributed by atoms with Crippen molar-refractivity contribution in [3.8, 4) is 11.3 Å². The summed E-state index contributed by atoms with van der Waals surface area (Å²) >= 11 is 0. The number of nitrogens with one attached hydrogen (secondary N) is 1. The largest absolute Gasteiger partial charge is 0.313 e. The van der Waals surface area contributed by atoms with E-state index >= 15 is 0 Å². The Hall–Kier alpha value is -1.94. The predicted molar refractivity (Wildman–Crippen MR) is 88.5 cm³/mol. The van der Waals surface area contributed by atoms with Gasteiger partial charge in [0.15, 0.2) is 0 Å². The minimum Gasteiger partial charge on any atom is -0.313 e. The highest BCUT2D eigenvalue weighted by Crippen LogP contribution is 2.23. The molecule has 1 atom stereocenters. The maximum absolute atomic E-state index is 13.1. The highest BCUT2D eigenvalue weighted by Gasteiger charge is 2.14. The lowest BCUT2D eigenvalue weighted by molar-refractivity contribution is 0.514. The predicted octanol–water partition coefficient (Wildman–Crippen LogP) is 3.73. The Labute approximate surface area is 130 Å². The summed E-state index contributed by atoms with van der Waals surface area (Å²) in [5, 5.41) is 3.19. The van der Waals surface area contributed by atoms with Gasteiger partial charge in [-0.3, -0.25) is 4.79 Å². The average Bonchev–Trinajstić information content (AvgIpc) is 2.53. The summed E-state index contributed by atoms with van der Waals surface area (Å²) in [6.45, 7) is 7.49. The third kappa shape index (κ3) is 3.45. The lowest BCUT2D eigenvalue weighted by Crippen LogP contribution is -2.30. The van der Waals surface area contributed by atoms with Crippen LogP contribution in [0, 0.1) is 5.82 Å². The van der Waals surface area contributed by atoms with Gasteiger partial charge in [-0.1, -0.05) is 19.9 Å². The van der Waals surface area contributed by atoms with Crippen LogP contribution in [0.4, 0.5) is 4.39 Å². The molecule has 0 aliphatic rings. The molecule has 0 aliphatic carbocycles. The van der Waals surface area contributed by atoms with Gasteiger partial charge in [-0.15, -0.1) is 0 Å². The van der Waals surface area contributed by atoms with Crippen molar-refractivity contribution in [2.24, 2.45) is 0 Å². The van der Waals surface area contributed by atoms with E-state index in [9.17, 15) is 9.18 Å². The van der Waals surface area contributed by atoms with Gasteiger partial charge in [0, 0.05) is 18.2 Å². The van der Waals surface area contributed by atoms with Crippen molar-refractivity contribution in [3.63, 3.8) is 0 Å². The Morgan fingerprint density at radius 1 is 1.14 bits per heavy atom. The number of pyridine rings is 1. The van der Waals surface area contributed by atoms with E-state index in [2.05, 4.69) is 12.2 Å². The molecule has 1 aromatic carbocycles. The summed E-state index contributed by atoms with van der Waals surface area (Å²) in [5.41, 5.74) is 2.47. The van der Waals surface area contributed by atoms with Crippen LogP contribution in [0.2, 0.25) is 0 Å². The van der Waals surface area contributed by atoms with E-state index in [0.717, 1.165) is 29.8 Å². The Morgan fingerprint density at radius 2 is 1.82 bits per heavy atom. The quantitative estimate of drug-likeness (QED) is 0.882. The second kappa shape index (κ2) is 7.36. The molecule has 0 fully saturated rings. The van der Waals surface area contributed by atoms with Crippen LogP contribution in [0.15, 0.2) is 41.2 Å². The number of nitrogens with zero attached hydrogens (tertiary/aromatic N) is 1. The molecule has 0 aliphatic heterocycles. The molecule has 1 aromatic heterocycles. The van der Waals surface area contributed by atoms with Crippen LogP contribution in [0.5, 0.6) is 0 Å². The van der Waals surface area contributed by atoms with E-state index in [1.54, 1.807) is 12.1 Å². The van der Waals surface area contributed by atoms with Gasteiger partial charge >= 0.3 is 0 Å². The molecule has 22 heavy (non-hydrogen) atoms. The topological polar surface area (TPSA) is 34.0 Å². The zero-order chi connectivity index (χ0) is 16.1. The highest BCUT2D eigenvalue weighted by molar-refractivity contribution is 5.60. The van der Waals surface area contributed by atoms with Crippen LogP contribution in [0.3, 0.4) is 0 Å². The van der Waals surface area contributed by atoms with Crippen molar-refractivity contribution >= 4 is 0 Å². The maximum atomic E-state index is 13.1. The van der Waals surface area contributed by atoms with E-state index < -0.39 is 0 Å². The Bertz CT molecular complexity index is 676. The first kappa shape index (κ1) is 16.4. The Morgan fingerprint density at radius 3 is 2.41 bits per heavy atom. The molecule has 0 bridgehead atoms. The smallest absolute Gasteiger partial charge is 0.255 e. The third-order valence-electron chi connectivity index (χ3n) is 3.93. The number of hydrogen-bond donors (Lipinski definition) is 1. The normalized spacial score (nSPS) is 12.4. The molecule has 0 saturated carbocycles. The second-order valence-corrected chi connectivity index (χ2v) is 5.46. The first-order valence-corrected chi connectivity index (χ1v) is 7.79. The molecule has 1 N–H and O–H groups in total. The molecule has 118 valence electrons. The monoisotopic (exact) mass is 302 g/mol. The van der Waals surface area contributed by atoms with Crippen LogP contribution >= 0.6 is 0 Å². The summed E-state index contributed by atoms with van der Waals surface area (Å²) in [6, 6.07) is 10.2. The average molecular weight is 302 g/mol. The fraction of sp³-hybridized carbons (Fsp3) is 0.389. The molecular formula is C18H23FN2O. The van der Waals surface area contributed by atoms with Gasteiger partial charge in [0.25, 0.3) is 5.56 Å². The van der Waals surface area contributed by atoms with E-state index in [4.69, 9.17) is 0 Å². The van der Waals surface area contributed by atoms with Gasteiger partial charge in [-0.25, -0.2) is 4.39 Å². The second-order valence-electron chi connectivity index (χ2n) is 5.46. The number of hydrogen-bond acceptors (Lipinski definition) is 2. The van der Waals surface area contributed by atoms with E-state index in [1.165, 1.54) is 12.1 Å². The van der Waals surface area contributed by atoms with Gasteiger partial charge in [0.2, 0.25) is 0 Å². The number of rotatable bonds is 6. The number of benzene rings is 1. The molecule has 0 saturated heterocycles. The van der Waals surface area contributed by atoms with Crippen molar-refractivity contribution in [3.05, 3.63) is 58.1 Å². The van der Waals surface area contributed by atoms with E-state index in [1.807, 2.05) is 30.5 Å². The fourth-order valence-corrected chi connectivity index (χ4v) is 2.47. The maximum Gasteiger partial charge on any atom is 0.255 e. The molecule has 1 heterocycles. The van der Waals surface area contributed by atoms with Crippen molar-refractivity contribution < 1.29 is 4.39 Å². The fourth-order valence-electron chi connectivity index (χ4n) is 2.47. The van der Waals surface area contributed by atoms with Crippen LogP contribution in [-0.4, -0.2) is 11.1 Å². The highest BCUT2D eigenvalue weighted by atomic mass is 19.1. The summed E-state index contributed by atoms with van der Waals surface area (Å²) in [4.78, 5) is 12.8. The minimum absolute atomic E-state index is 0.0251. The van der Waals surface area contributed by atoms with Crippen molar-refractivity contribution in [2.45, 2.75) is 39.8 Å². The van der Waals surface area contributed by atoms with Gasteiger partial charge in [0.1, 0.15) is 5.82 Å². The third-order valence-corrected chi connectivity index (χ3v) is 3.93. The standard InChI is InChI=1S/C18H23FN2O/c1-4-13(3)21-17(14-6-9-16(19)10-7-14)11-8-15(18(21)22)12-20-5-2/h6-11,13,20H,4-5,12H2,1-3H3. The van der Waals surface area contributed by atoms with E-state index in [0.29, 0.717) is 6.54 Å². The minimum atomic E-state index is -0.273. The van der Waals surface area contributed by atoms with Crippen LogP contribution < -0.4 is 10.9 Å². The first-order chi connectivity index (χ1) is 10.6. The Kier molecular flexibility index (Phi) is 5.50. The van der Waals surface area contributed by atoms with Crippen molar-refractivity contribution in [1.29, 1.82) is 0 Å². The molecule has 2 aromatic rings. The molecular weight excluding hydrogens is 279 g/mol. The van der Waals surface area contributed by atoms with Gasteiger partial charge in [0.05, 0.1) is 5.69 Å². The number of halogens is 1. The van der Waals surface area contributed by atoms with Gasteiger partial charge in [-0.05, 0) is 55.8 Å². The lowest BCUT2D eigenvalue weighted by atomic mass is 10.1. The molecule has 2 rings (SSSR count). The van der Waals surface area contributed by atoms with Crippen LogP contribution in [0.25, 0.3) is 11.3 Å². The Balaban J connectivity index is 2.56. The lowest BCUT2D eigenvalue weighted by Gasteiger charge is -2.20. The van der Waals surface area contributed by atoms with Gasteiger partial charge < -0.3 is 9.88 Å². The summed E-state index contributed by atoms with van der Waals surface area (Å²) in [7, 11) is 0. The molecule has 0 spiro atoms. The van der Waals surface area contributed by atoms with Crippen LogP contribution in [-0.2, 0) is 6.54 Å². The summed E-state index contributed by atoms with van der Waals surface area (Å²) in [6.07, 6.45) is 0.860. The molecule has 0 amide bonds. The van der Waals surface area contributed by atoms with Crippen molar-refractivity contribution in [1.82, 2.24) is 9.88 Å². The zero-order valence-corrected chi connectivity index (χ0v) is 13.4. The molecule has 3 nitrogen and oxygen atoms in total. The molecule has 0 radical (unpaired) electrons. The summed E-state index contributed by atoms with van der Waals surface area (Å²) in [5.74, 6) is -0.273. The summed E-state index contributed by atoms with van der Waals surface area (Å²) < 4.78 is 15.0. The first-order valence-electron chi connectivity index (χ1n) is 7.79. The van der Waals surface area contributed by atoms with Crippen LogP contribution in [0.1, 0.15) is 38.8 Å².